The molecular formula is C23H21ClN4O3S. The first kappa shape index (κ1) is 20.9. The van der Waals surface area contributed by atoms with Crippen molar-refractivity contribution in [2.45, 2.75) is 38.6 Å². The topological polar surface area (TPSA) is 92.1 Å². The predicted octanol–water partition coefficient (Wildman–Crippen LogP) is 4.89. The standard InChI is InChI=1S/C23H21ClN4O3S/c1-13-18-20(29)26-12-27-22(18)32-19(13)23(30)28-9-5-4-8-17(28)21-25-11-15(31-21)10-14-6-2-3-7-16(14)24/h2-3,6-7,11-12,17H,4-5,8-10H2,1H3,(H,26,27,29). The van der Waals surface area contributed by atoms with Gasteiger partial charge in [0.1, 0.15) is 16.6 Å². The fourth-order valence-corrected chi connectivity index (χ4v) is 5.54. The maximum Gasteiger partial charge on any atom is 0.264 e. The van der Waals surface area contributed by atoms with Gasteiger partial charge in [-0.3, -0.25) is 9.59 Å². The number of hydrogen-bond donors (Lipinski definition) is 1. The van der Waals surface area contributed by atoms with Gasteiger partial charge >= 0.3 is 0 Å². The van der Waals surface area contributed by atoms with Gasteiger partial charge in [-0.15, -0.1) is 11.3 Å². The van der Waals surface area contributed by atoms with E-state index in [1.54, 1.807) is 13.1 Å². The molecule has 0 aliphatic carbocycles. The molecular weight excluding hydrogens is 448 g/mol. The first-order valence-electron chi connectivity index (χ1n) is 10.5. The third-order valence-corrected chi connectivity index (χ3v) is 7.43. The van der Waals surface area contributed by atoms with Crippen molar-refractivity contribution in [3.05, 3.63) is 79.8 Å². The first-order chi connectivity index (χ1) is 15.5. The van der Waals surface area contributed by atoms with Crippen molar-refractivity contribution in [3.8, 4) is 0 Å². The number of carbonyl (C=O) groups is 1. The molecule has 7 nitrogen and oxygen atoms in total. The van der Waals surface area contributed by atoms with Crippen molar-refractivity contribution in [3.63, 3.8) is 0 Å². The minimum Gasteiger partial charge on any atom is -0.443 e. The number of nitrogens with zero attached hydrogens (tertiary/aromatic N) is 3. The number of piperidine rings is 1. The van der Waals surface area contributed by atoms with E-state index in [4.69, 9.17) is 16.0 Å². The van der Waals surface area contributed by atoms with Crippen molar-refractivity contribution >= 4 is 39.1 Å². The lowest BCUT2D eigenvalue weighted by atomic mass is 10.0. The van der Waals surface area contributed by atoms with Gasteiger partial charge in [0.2, 0.25) is 5.89 Å². The van der Waals surface area contributed by atoms with Gasteiger partial charge < -0.3 is 14.3 Å². The van der Waals surface area contributed by atoms with Crippen molar-refractivity contribution < 1.29 is 9.21 Å². The maximum absolute atomic E-state index is 13.5. The molecule has 1 fully saturated rings. The minimum atomic E-state index is -0.243. The Morgan fingerprint density at radius 3 is 2.97 bits per heavy atom. The molecule has 1 amide bonds. The van der Waals surface area contributed by atoms with Gasteiger partial charge in [-0.05, 0) is 43.4 Å². The zero-order chi connectivity index (χ0) is 22.2. The highest BCUT2D eigenvalue weighted by Gasteiger charge is 2.34. The summed E-state index contributed by atoms with van der Waals surface area (Å²) < 4.78 is 6.08. The average Bonchev–Trinajstić information content (AvgIpc) is 3.40. The van der Waals surface area contributed by atoms with Crippen molar-refractivity contribution in [1.29, 1.82) is 0 Å². The Balaban J connectivity index is 1.44. The van der Waals surface area contributed by atoms with Crippen LogP contribution in [0.1, 0.15) is 57.8 Å². The molecule has 9 heteroatoms. The van der Waals surface area contributed by atoms with Crippen LogP contribution in [0.3, 0.4) is 0 Å². The Labute approximate surface area is 193 Å². The van der Waals surface area contributed by atoms with Gasteiger partial charge in [0.05, 0.1) is 22.8 Å². The Bertz CT molecular complexity index is 1360. The number of rotatable bonds is 4. The Morgan fingerprint density at radius 2 is 2.16 bits per heavy atom. The molecule has 1 atom stereocenters. The third-order valence-electron chi connectivity index (χ3n) is 5.87. The van der Waals surface area contributed by atoms with Crippen LogP contribution in [0.25, 0.3) is 10.2 Å². The molecule has 4 aromatic rings. The number of fused-ring (bicyclic) bond motifs is 1. The van der Waals surface area contributed by atoms with Gasteiger partial charge in [-0.2, -0.15) is 0 Å². The Hall–Kier alpha value is -2.97. The van der Waals surface area contributed by atoms with Gasteiger partial charge in [0, 0.05) is 18.0 Å². The molecule has 3 aromatic heterocycles. The van der Waals surface area contributed by atoms with E-state index in [1.165, 1.54) is 17.7 Å². The van der Waals surface area contributed by atoms with Gasteiger partial charge in [0.25, 0.3) is 11.5 Å². The second-order valence-corrected chi connectivity index (χ2v) is 9.32. The number of aryl methyl sites for hydroxylation is 1. The lowest BCUT2D eigenvalue weighted by molar-refractivity contribution is 0.0574. The van der Waals surface area contributed by atoms with Crippen LogP contribution in [-0.4, -0.2) is 32.3 Å². The summed E-state index contributed by atoms with van der Waals surface area (Å²) in [4.78, 5) is 40.0. The minimum absolute atomic E-state index is 0.111. The molecule has 1 aliphatic heterocycles. The number of benzene rings is 1. The van der Waals surface area contributed by atoms with Gasteiger partial charge in [0.15, 0.2) is 0 Å². The second kappa shape index (κ2) is 8.52. The lowest BCUT2D eigenvalue weighted by Gasteiger charge is -2.33. The fourth-order valence-electron chi connectivity index (χ4n) is 4.23. The normalized spacial score (nSPS) is 16.6. The van der Waals surface area contributed by atoms with E-state index in [2.05, 4.69) is 15.0 Å². The number of aromatic amines is 1. The molecule has 1 saturated heterocycles. The van der Waals surface area contributed by atoms with Crippen LogP contribution >= 0.6 is 22.9 Å². The number of carbonyl (C=O) groups excluding carboxylic acids is 1. The summed E-state index contributed by atoms with van der Waals surface area (Å²) in [6, 6.07) is 7.40. The van der Waals surface area contributed by atoms with Gasteiger partial charge in [-0.25, -0.2) is 9.97 Å². The van der Waals surface area contributed by atoms with Crippen LogP contribution in [0.15, 0.2) is 46.0 Å². The van der Waals surface area contributed by atoms with Crippen LogP contribution < -0.4 is 5.56 Å². The molecule has 0 spiro atoms. The summed E-state index contributed by atoms with van der Waals surface area (Å²) >= 11 is 7.54. The highest BCUT2D eigenvalue weighted by molar-refractivity contribution is 7.20. The van der Waals surface area contributed by atoms with E-state index in [-0.39, 0.29) is 17.5 Å². The molecule has 0 bridgehead atoms. The summed E-state index contributed by atoms with van der Waals surface area (Å²) in [5.41, 5.74) is 1.41. The molecule has 4 heterocycles. The number of oxazole rings is 1. The van der Waals surface area contributed by atoms with Crippen LogP contribution in [0.4, 0.5) is 0 Å². The van der Waals surface area contributed by atoms with E-state index in [0.29, 0.717) is 50.3 Å². The SMILES string of the molecule is Cc1c(C(=O)N2CCCCC2c2ncc(Cc3ccccc3Cl)o2)sc2nc[nH]c(=O)c12. The summed E-state index contributed by atoms with van der Waals surface area (Å²) in [7, 11) is 0. The summed E-state index contributed by atoms with van der Waals surface area (Å²) in [5.74, 6) is 1.13. The number of hydrogen-bond acceptors (Lipinski definition) is 6. The molecule has 1 N–H and O–H groups in total. The number of halogens is 1. The zero-order valence-electron chi connectivity index (χ0n) is 17.4. The van der Waals surface area contributed by atoms with Crippen molar-refractivity contribution in [2.75, 3.05) is 6.54 Å². The highest BCUT2D eigenvalue weighted by Crippen LogP contribution is 2.35. The van der Waals surface area contributed by atoms with E-state index < -0.39 is 0 Å². The van der Waals surface area contributed by atoms with E-state index >= 15 is 0 Å². The first-order valence-corrected chi connectivity index (χ1v) is 11.7. The molecule has 1 unspecified atom stereocenters. The lowest BCUT2D eigenvalue weighted by Crippen LogP contribution is -2.38. The van der Waals surface area contributed by atoms with E-state index in [9.17, 15) is 9.59 Å². The number of aromatic nitrogens is 3. The predicted molar refractivity (Wildman–Crippen MR) is 123 cm³/mol. The highest BCUT2D eigenvalue weighted by atomic mass is 35.5. The van der Waals surface area contributed by atoms with Crippen molar-refractivity contribution in [1.82, 2.24) is 19.9 Å². The van der Waals surface area contributed by atoms with Crippen LogP contribution in [-0.2, 0) is 6.42 Å². The second-order valence-electron chi connectivity index (χ2n) is 7.91. The third kappa shape index (κ3) is 3.73. The Morgan fingerprint density at radius 1 is 1.31 bits per heavy atom. The quantitative estimate of drug-likeness (QED) is 0.460. The van der Waals surface area contributed by atoms with Crippen molar-refractivity contribution in [2.24, 2.45) is 0 Å². The smallest absolute Gasteiger partial charge is 0.264 e. The molecule has 32 heavy (non-hydrogen) atoms. The van der Waals surface area contributed by atoms with E-state index in [1.807, 2.05) is 29.2 Å². The van der Waals surface area contributed by atoms with Crippen LogP contribution in [0.2, 0.25) is 5.02 Å². The van der Waals surface area contributed by atoms with Crippen LogP contribution in [0, 0.1) is 6.92 Å². The molecule has 164 valence electrons. The average molecular weight is 469 g/mol. The number of nitrogens with one attached hydrogen (secondary N) is 1. The van der Waals surface area contributed by atoms with Crippen LogP contribution in [0.5, 0.6) is 0 Å². The zero-order valence-corrected chi connectivity index (χ0v) is 19.0. The van der Waals surface area contributed by atoms with E-state index in [0.717, 1.165) is 24.8 Å². The number of amides is 1. The summed E-state index contributed by atoms with van der Waals surface area (Å²) in [6.07, 6.45) is 6.30. The number of likely N-dealkylation sites (tertiary alicyclic amines) is 1. The summed E-state index contributed by atoms with van der Waals surface area (Å²) in [6.45, 7) is 2.41. The molecule has 0 saturated carbocycles. The number of H-pyrrole nitrogens is 1. The fraction of sp³-hybridized carbons (Fsp3) is 0.304. The summed E-state index contributed by atoms with van der Waals surface area (Å²) in [5, 5.41) is 1.16. The molecule has 5 rings (SSSR count). The Kier molecular flexibility index (Phi) is 5.57. The molecule has 1 aromatic carbocycles. The van der Waals surface area contributed by atoms with Gasteiger partial charge in [-0.1, -0.05) is 29.8 Å². The monoisotopic (exact) mass is 468 g/mol. The maximum atomic E-state index is 13.5. The largest absolute Gasteiger partial charge is 0.443 e. The molecule has 1 aliphatic rings. The molecule has 0 radical (unpaired) electrons. The number of thiophene rings is 1.